The molecule has 37 heavy (non-hydrogen) atoms. The van der Waals surface area contributed by atoms with E-state index in [0.717, 1.165) is 15.6 Å². The molecular formula is C23H22ClF2N4O6P. The van der Waals surface area contributed by atoms with Crippen LogP contribution >= 0.6 is 19.2 Å². The summed E-state index contributed by atoms with van der Waals surface area (Å²) in [5, 5.41) is 6.45. The number of carbonyl (C=O) groups is 3. The van der Waals surface area contributed by atoms with Crippen LogP contribution in [0.3, 0.4) is 0 Å². The topological polar surface area (TPSA) is 142 Å². The van der Waals surface area contributed by atoms with Crippen molar-refractivity contribution in [2.24, 2.45) is 0 Å². The summed E-state index contributed by atoms with van der Waals surface area (Å²) in [4.78, 5) is 58.1. The van der Waals surface area contributed by atoms with Crippen molar-refractivity contribution < 1.29 is 37.5 Å². The predicted octanol–water partition coefficient (Wildman–Crippen LogP) is 2.09. The fourth-order valence-electron chi connectivity index (χ4n) is 4.24. The van der Waals surface area contributed by atoms with E-state index in [-0.39, 0.29) is 52.0 Å². The number of amides is 2. The van der Waals surface area contributed by atoms with Crippen molar-refractivity contribution >= 4 is 53.0 Å². The SMILES string of the molecule is CC(=O)c1nn(CC(=O)N2C[C@H](F)C[C@H]2C(=O)NCc2cccc(Cl)c2F)c2cc(P(=O)(O)O)ccc12. The number of nitrogens with one attached hydrogen (secondary N) is 1. The van der Waals surface area contributed by atoms with Crippen LogP contribution in [0.1, 0.15) is 29.4 Å². The minimum absolute atomic E-state index is 0.0114. The minimum atomic E-state index is -4.64. The van der Waals surface area contributed by atoms with Gasteiger partial charge in [0, 0.05) is 30.8 Å². The van der Waals surface area contributed by atoms with Crippen LogP contribution in [0.25, 0.3) is 10.9 Å². The van der Waals surface area contributed by atoms with Crippen LogP contribution < -0.4 is 10.6 Å². The second-order valence-electron chi connectivity index (χ2n) is 8.63. The molecule has 0 spiro atoms. The van der Waals surface area contributed by atoms with E-state index in [0.29, 0.717) is 0 Å². The molecule has 3 N–H and O–H groups in total. The Balaban J connectivity index is 1.57. The Hall–Kier alpha value is -3.18. The zero-order valence-electron chi connectivity index (χ0n) is 19.4. The van der Waals surface area contributed by atoms with Gasteiger partial charge < -0.3 is 20.0 Å². The van der Waals surface area contributed by atoms with Gasteiger partial charge in [-0.05, 0) is 24.3 Å². The number of benzene rings is 2. The van der Waals surface area contributed by atoms with E-state index in [2.05, 4.69) is 10.4 Å². The van der Waals surface area contributed by atoms with Gasteiger partial charge in [0.15, 0.2) is 5.78 Å². The number of halogens is 3. The zero-order valence-corrected chi connectivity index (χ0v) is 21.0. The van der Waals surface area contributed by atoms with E-state index in [1.807, 2.05) is 0 Å². The maximum Gasteiger partial charge on any atom is 0.356 e. The third-order valence-electron chi connectivity index (χ3n) is 6.05. The average molecular weight is 555 g/mol. The van der Waals surface area contributed by atoms with Crippen molar-refractivity contribution in [3.05, 3.63) is 58.5 Å². The van der Waals surface area contributed by atoms with Crippen LogP contribution in [0.4, 0.5) is 8.78 Å². The first-order chi connectivity index (χ1) is 17.4. The summed E-state index contributed by atoms with van der Waals surface area (Å²) in [6, 6.07) is 6.75. The average Bonchev–Trinajstić information content (AvgIpc) is 3.40. The van der Waals surface area contributed by atoms with Crippen LogP contribution in [-0.2, 0) is 27.2 Å². The van der Waals surface area contributed by atoms with Crippen LogP contribution in [0.2, 0.25) is 5.02 Å². The molecule has 0 radical (unpaired) electrons. The lowest BCUT2D eigenvalue weighted by molar-refractivity contribution is -0.139. The lowest BCUT2D eigenvalue weighted by Crippen LogP contribution is -2.46. The lowest BCUT2D eigenvalue weighted by Gasteiger charge is -2.24. The molecular weight excluding hydrogens is 533 g/mol. The van der Waals surface area contributed by atoms with Gasteiger partial charge in [-0.25, -0.2) is 8.78 Å². The van der Waals surface area contributed by atoms with Crippen molar-refractivity contribution in [2.45, 2.75) is 38.6 Å². The Morgan fingerprint density at radius 2 is 1.97 bits per heavy atom. The smallest absolute Gasteiger partial charge is 0.350 e. The van der Waals surface area contributed by atoms with E-state index < -0.39 is 49.8 Å². The van der Waals surface area contributed by atoms with Crippen LogP contribution in [0.5, 0.6) is 0 Å². The molecule has 0 saturated carbocycles. The summed E-state index contributed by atoms with van der Waals surface area (Å²) in [6.07, 6.45) is -1.75. The molecule has 1 aliphatic heterocycles. The van der Waals surface area contributed by atoms with Gasteiger partial charge in [0.05, 0.1) is 22.4 Å². The molecule has 2 heterocycles. The molecule has 196 valence electrons. The Labute approximate surface area is 214 Å². The highest BCUT2D eigenvalue weighted by molar-refractivity contribution is 7.60. The summed E-state index contributed by atoms with van der Waals surface area (Å²) >= 11 is 5.75. The number of Topliss-reactive ketones (excluding diaryl/α,β-unsaturated/α-hetero) is 1. The number of hydrogen-bond donors (Lipinski definition) is 3. The first kappa shape index (κ1) is 26.9. The van der Waals surface area contributed by atoms with Gasteiger partial charge >= 0.3 is 7.60 Å². The van der Waals surface area contributed by atoms with Crippen molar-refractivity contribution in [2.75, 3.05) is 6.54 Å². The van der Waals surface area contributed by atoms with E-state index in [9.17, 15) is 37.5 Å². The summed E-state index contributed by atoms with van der Waals surface area (Å²) in [5.41, 5.74) is 0.227. The fourth-order valence-corrected chi connectivity index (χ4v) is 4.99. The number of nitrogens with zero attached hydrogens (tertiary/aromatic N) is 3. The van der Waals surface area contributed by atoms with Gasteiger partial charge in [-0.2, -0.15) is 5.10 Å². The predicted molar refractivity (Wildman–Crippen MR) is 130 cm³/mol. The van der Waals surface area contributed by atoms with E-state index in [1.165, 1.54) is 37.3 Å². The number of ketones is 1. The molecule has 10 nitrogen and oxygen atoms in total. The van der Waals surface area contributed by atoms with Gasteiger partial charge in [0.1, 0.15) is 30.3 Å². The summed E-state index contributed by atoms with van der Waals surface area (Å²) in [6.45, 7) is 0.141. The summed E-state index contributed by atoms with van der Waals surface area (Å²) in [7, 11) is -4.64. The highest BCUT2D eigenvalue weighted by Gasteiger charge is 2.40. The molecule has 1 aromatic heterocycles. The Morgan fingerprint density at radius 1 is 1.24 bits per heavy atom. The standard InChI is InChI=1S/C23H22ClF2N4O6P/c1-12(31)22-16-6-5-15(37(34,35)36)8-18(16)30(28-22)11-20(32)29-10-14(25)7-19(29)23(33)27-9-13-3-2-4-17(24)21(13)26/h2-6,8,14,19H,7,9-11H2,1H3,(H,27,33)(H2,34,35,36)/t14-,19+/m1/s1. The zero-order chi connectivity index (χ0) is 27.1. The van der Waals surface area contributed by atoms with Crippen LogP contribution in [-0.4, -0.2) is 60.8 Å². The highest BCUT2D eigenvalue weighted by Crippen LogP contribution is 2.34. The van der Waals surface area contributed by atoms with Crippen molar-refractivity contribution in [3.8, 4) is 0 Å². The quantitative estimate of drug-likeness (QED) is 0.300. The van der Waals surface area contributed by atoms with E-state index >= 15 is 0 Å². The fraction of sp³-hybridized carbons (Fsp3) is 0.304. The van der Waals surface area contributed by atoms with Crippen LogP contribution in [0.15, 0.2) is 36.4 Å². The maximum atomic E-state index is 14.3. The van der Waals surface area contributed by atoms with Gasteiger partial charge in [0.25, 0.3) is 0 Å². The Morgan fingerprint density at radius 3 is 2.65 bits per heavy atom. The monoisotopic (exact) mass is 554 g/mol. The van der Waals surface area contributed by atoms with Crippen molar-refractivity contribution in [1.82, 2.24) is 20.0 Å². The largest absolute Gasteiger partial charge is 0.356 e. The van der Waals surface area contributed by atoms with Gasteiger partial charge in [-0.3, -0.25) is 23.6 Å². The van der Waals surface area contributed by atoms with Gasteiger partial charge in [0.2, 0.25) is 11.8 Å². The van der Waals surface area contributed by atoms with E-state index in [1.54, 1.807) is 0 Å². The number of rotatable bonds is 7. The highest BCUT2D eigenvalue weighted by atomic mass is 35.5. The Kier molecular flexibility index (Phi) is 7.48. The molecule has 1 fully saturated rings. The number of fused-ring (bicyclic) bond motifs is 1. The molecule has 2 amide bonds. The third-order valence-corrected chi connectivity index (χ3v) is 7.29. The number of hydrogen-bond acceptors (Lipinski definition) is 5. The number of carbonyl (C=O) groups excluding carboxylic acids is 3. The van der Waals surface area contributed by atoms with Gasteiger partial charge in [-0.15, -0.1) is 0 Å². The van der Waals surface area contributed by atoms with E-state index in [4.69, 9.17) is 11.6 Å². The van der Waals surface area contributed by atoms with Crippen LogP contribution in [0, 0.1) is 5.82 Å². The normalized spacial score (nSPS) is 17.8. The molecule has 0 aliphatic carbocycles. The maximum absolute atomic E-state index is 14.3. The molecule has 0 unspecified atom stereocenters. The summed E-state index contributed by atoms with van der Waals surface area (Å²) < 4.78 is 41.3. The molecule has 2 aromatic carbocycles. The molecule has 4 rings (SSSR count). The first-order valence-corrected chi connectivity index (χ1v) is 13.1. The van der Waals surface area contributed by atoms with Gasteiger partial charge in [-0.1, -0.05) is 23.7 Å². The van der Waals surface area contributed by atoms with Crippen molar-refractivity contribution in [3.63, 3.8) is 0 Å². The molecule has 2 atom stereocenters. The van der Waals surface area contributed by atoms with Crippen molar-refractivity contribution in [1.29, 1.82) is 0 Å². The number of likely N-dealkylation sites (tertiary alicyclic amines) is 1. The molecule has 1 aliphatic rings. The third kappa shape index (κ3) is 5.57. The minimum Gasteiger partial charge on any atom is -0.350 e. The molecule has 14 heteroatoms. The molecule has 1 saturated heterocycles. The second-order valence-corrected chi connectivity index (χ2v) is 10.6. The molecule has 0 bridgehead atoms. The second kappa shape index (κ2) is 10.3. The Bertz CT molecular complexity index is 1460. The lowest BCUT2D eigenvalue weighted by atomic mass is 10.1. The first-order valence-electron chi connectivity index (χ1n) is 11.1. The number of aromatic nitrogens is 2. The molecule has 3 aromatic rings. The summed E-state index contributed by atoms with van der Waals surface area (Å²) in [5.74, 6) is -2.52. The number of alkyl halides is 1.